The minimum atomic E-state index is -0.474. The van der Waals surface area contributed by atoms with Gasteiger partial charge in [0.05, 0.1) is 16.6 Å². The average Bonchev–Trinajstić information content (AvgIpc) is 2.35. The number of fused-ring (bicyclic) bond motifs is 2. The summed E-state index contributed by atoms with van der Waals surface area (Å²) in [5.74, 6) is 0. The number of benzene rings is 2. The Bertz CT molecular complexity index is 740. The molecule has 1 aromatic heterocycles. The fraction of sp³-hybridized carbons (Fsp3) is 0. The zero-order valence-electron chi connectivity index (χ0n) is 9.26. The summed E-state index contributed by atoms with van der Waals surface area (Å²) < 4.78 is 0. The van der Waals surface area contributed by atoms with E-state index in [0.717, 1.165) is 16.3 Å². The maximum atomic E-state index is 11.3. The number of carbonyl (C=O) groups is 1. The van der Waals surface area contributed by atoms with Crippen molar-refractivity contribution in [1.29, 1.82) is 0 Å². The number of halogens is 2. The van der Waals surface area contributed by atoms with Crippen molar-refractivity contribution < 1.29 is 4.79 Å². The first-order valence-corrected chi connectivity index (χ1v) is 5.62. The molecule has 0 aliphatic carbocycles. The van der Waals surface area contributed by atoms with Gasteiger partial charge in [-0.25, -0.2) is 4.98 Å². The maximum absolute atomic E-state index is 11.3. The quantitative estimate of drug-likeness (QED) is 0.493. The Morgan fingerprint density at radius 2 is 1.72 bits per heavy atom. The zero-order valence-corrected chi connectivity index (χ0v) is 10.8. The van der Waals surface area contributed by atoms with Crippen LogP contribution in [0.15, 0.2) is 48.5 Å². The zero-order chi connectivity index (χ0) is 11.8. The Kier molecular flexibility index (Phi) is 3.50. The predicted molar refractivity (Wildman–Crippen MR) is 76.7 cm³/mol. The van der Waals surface area contributed by atoms with E-state index in [1.54, 1.807) is 6.07 Å². The van der Waals surface area contributed by atoms with E-state index in [1.807, 2.05) is 42.5 Å². The van der Waals surface area contributed by atoms with Crippen LogP contribution in [-0.4, -0.2) is 10.2 Å². The molecular formula is C14H9Cl2NO. The SMILES string of the molecule is Cl.O=C(Cl)c1cccc2cc3ccccc3nc12. The van der Waals surface area contributed by atoms with Crippen molar-refractivity contribution in [2.75, 3.05) is 0 Å². The standard InChI is InChI=1S/C14H8ClNO.ClH/c15-14(17)11-6-3-5-10-8-9-4-1-2-7-12(9)16-13(10)11;/h1-8H;1H. The first-order valence-electron chi connectivity index (χ1n) is 5.24. The van der Waals surface area contributed by atoms with Crippen LogP contribution in [0, 0.1) is 0 Å². The van der Waals surface area contributed by atoms with Crippen molar-refractivity contribution in [2.24, 2.45) is 0 Å². The molecule has 0 bridgehead atoms. The van der Waals surface area contributed by atoms with E-state index in [1.165, 1.54) is 0 Å². The van der Waals surface area contributed by atoms with Gasteiger partial charge in [0.25, 0.3) is 5.24 Å². The van der Waals surface area contributed by atoms with Crippen molar-refractivity contribution in [2.45, 2.75) is 0 Å². The Labute approximate surface area is 115 Å². The lowest BCUT2D eigenvalue weighted by molar-refractivity contribution is 0.108. The summed E-state index contributed by atoms with van der Waals surface area (Å²) in [4.78, 5) is 15.8. The second kappa shape index (κ2) is 4.92. The molecule has 0 aliphatic heterocycles. The van der Waals surface area contributed by atoms with Gasteiger partial charge >= 0.3 is 0 Å². The van der Waals surface area contributed by atoms with Gasteiger partial charge in [0.2, 0.25) is 0 Å². The number of pyridine rings is 1. The molecule has 4 heteroatoms. The molecular weight excluding hydrogens is 269 g/mol. The maximum Gasteiger partial charge on any atom is 0.254 e. The molecule has 0 saturated heterocycles. The summed E-state index contributed by atoms with van der Waals surface area (Å²) in [5, 5.41) is 1.51. The van der Waals surface area contributed by atoms with Crippen molar-refractivity contribution in [3.8, 4) is 0 Å². The predicted octanol–water partition coefficient (Wildman–Crippen LogP) is 4.19. The first-order chi connectivity index (χ1) is 8.25. The number of hydrogen-bond acceptors (Lipinski definition) is 2. The normalized spacial score (nSPS) is 10.3. The molecule has 18 heavy (non-hydrogen) atoms. The lowest BCUT2D eigenvalue weighted by Gasteiger charge is -2.04. The van der Waals surface area contributed by atoms with Crippen LogP contribution in [-0.2, 0) is 0 Å². The fourth-order valence-corrected chi connectivity index (χ4v) is 2.11. The van der Waals surface area contributed by atoms with Crippen LogP contribution >= 0.6 is 24.0 Å². The van der Waals surface area contributed by atoms with E-state index < -0.39 is 5.24 Å². The van der Waals surface area contributed by atoms with Crippen LogP contribution in [0.1, 0.15) is 10.4 Å². The monoisotopic (exact) mass is 277 g/mol. The van der Waals surface area contributed by atoms with E-state index in [9.17, 15) is 4.79 Å². The second-order valence-electron chi connectivity index (χ2n) is 3.83. The molecule has 0 unspecified atom stereocenters. The summed E-state index contributed by atoms with van der Waals surface area (Å²) in [7, 11) is 0. The minimum absolute atomic E-state index is 0. The van der Waals surface area contributed by atoms with Crippen LogP contribution in [0.25, 0.3) is 21.8 Å². The number of aromatic nitrogens is 1. The molecule has 0 saturated carbocycles. The molecule has 0 aliphatic rings. The molecule has 0 fully saturated rings. The van der Waals surface area contributed by atoms with Crippen LogP contribution in [0.4, 0.5) is 0 Å². The van der Waals surface area contributed by atoms with E-state index in [-0.39, 0.29) is 12.4 Å². The number of nitrogens with zero attached hydrogens (tertiary/aromatic N) is 1. The highest BCUT2D eigenvalue weighted by atomic mass is 35.5. The molecule has 2 nitrogen and oxygen atoms in total. The Balaban J connectivity index is 0.00000120. The van der Waals surface area contributed by atoms with Gasteiger partial charge in [-0.2, -0.15) is 0 Å². The lowest BCUT2D eigenvalue weighted by Crippen LogP contribution is -1.93. The highest BCUT2D eigenvalue weighted by Gasteiger charge is 2.09. The van der Waals surface area contributed by atoms with E-state index >= 15 is 0 Å². The van der Waals surface area contributed by atoms with Gasteiger partial charge < -0.3 is 0 Å². The minimum Gasteiger partial charge on any atom is -0.276 e. The molecule has 90 valence electrons. The molecule has 0 atom stereocenters. The summed E-state index contributed by atoms with van der Waals surface area (Å²) in [5.41, 5.74) is 1.98. The lowest BCUT2D eigenvalue weighted by atomic mass is 10.1. The van der Waals surface area contributed by atoms with E-state index in [0.29, 0.717) is 11.1 Å². The smallest absolute Gasteiger partial charge is 0.254 e. The fourth-order valence-electron chi connectivity index (χ4n) is 1.96. The summed E-state index contributed by atoms with van der Waals surface area (Å²) in [6.07, 6.45) is 0. The Morgan fingerprint density at radius 3 is 2.50 bits per heavy atom. The van der Waals surface area contributed by atoms with Gasteiger partial charge in [0.1, 0.15) is 0 Å². The van der Waals surface area contributed by atoms with Gasteiger partial charge in [-0.15, -0.1) is 12.4 Å². The van der Waals surface area contributed by atoms with Crippen LogP contribution in [0.3, 0.4) is 0 Å². The molecule has 0 spiro atoms. The topological polar surface area (TPSA) is 30.0 Å². The third-order valence-electron chi connectivity index (χ3n) is 2.76. The van der Waals surface area contributed by atoms with E-state index in [4.69, 9.17) is 11.6 Å². The molecule has 0 radical (unpaired) electrons. The highest BCUT2D eigenvalue weighted by Crippen LogP contribution is 2.23. The van der Waals surface area contributed by atoms with Gasteiger partial charge in [0, 0.05) is 10.8 Å². The summed E-state index contributed by atoms with van der Waals surface area (Å²) in [6, 6.07) is 15.3. The summed E-state index contributed by atoms with van der Waals surface area (Å²) in [6.45, 7) is 0. The second-order valence-corrected chi connectivity index (χ2v) is 4.18. The number of para-hydroxylation sites is 2. The average molecular weight is 278 g/mol. The van der Waals surface area contributed by atoms with E-state index in [2.05, 4.69) is 4.98 Å². The van der Waals surface area contributed by atoms with Crippen molar-refractivity contribution in [3.05, 3.63) is 54.1 Å². The third-order valence-corrected chi connectivity index (χ3v) is 2.96. The molecule has 2 aromatic carbocycles. The highest BCUT2D eigenvalue weighted by molar-refractivity contribution is 6.68. The molecule has 0 amide bonds. The molecule has 1 heterocycles. The Morgan fingerprint density at radius 1 is 1.00 bits per heavy atom. The number of hydrogen-bond donors (Lipinski definition) is 0. The van der Waals surface area contributed by atoms with Crippen molar-refractivity contribution in [3.63, 3.8) is 0 Å². The van der Waals surface area contributed by atoms with Gasteiger partial charge in [-0.3, -0.25) is 4.79 Å². The van der Waals surface area contributed by atoms with Crippen LogP contribution in [0.5, 0.6) is 0 Å². The van der Waals surface area contributed by atoms with Crippen LogP contribution < -0.4 is 0 Å². The first kappa shape index (κ1) is 12.8. The van der Waals surface area contributed by atoms with Crippen molar-refractivity contribution >= 4 is 51.1 Å². The van der Waals surface area contributed by atoms with Crippen LogP contribution in [0.2, 0.25) is 0 Å². The molecule has 3 rings (SSSR count). The third kappa shape index (κ3) is 2.05. The van der Waals surface area contributed by atoms with Crippen molar-refractivity contribution in [1.82, 2.24) is 4.98 Å². The number of rotatable bonds is 1. The largest absolute Gasteiger partial charge is 0.276 e. The van der Waals surface area contributed by atoms with Gasteiger partial charge in [0.15, 0.2) is 0 Å². The van der Waals surface area contributed by atoms with Gasteiger partial charge in [-0.05, 0) is 29.8 Å². The molecule has 0 N–H and O–H groups in total. The molecule has 3 aromatic rings. The van der Waals surface area contributed by atoms with Gasteiger partial charge in [-0.1, -0.05) is 30.3 Å². The summed E-state index contributed by atoms with van der Waals surface area (Å²) >= 11 is 5.55. The number of carbonyl (C=O) groups excluding carboxylic acids is 1. The Hall–Kier alpha value is -1.64.